The Hall–Kier alpha value is -1.31. The smallest absolute Gasteiger partial charge is 0.242 e. The maximum Gasteiger partial charge on any atom is 0.242 e. The molecule has 6 nitrogen and oxygen atoms in total. The second-order valence-corrected chi connectivity index (χ2v) is 6.98. The number of hydrogen-bond acceptors (Lipinski definition) is 5. The molecule has 112 valence electrons. The van der Waals surface area contributed by atoms with Crippen molar-refractivity contribution in [2.24, 2.45) is 0 Å². The number of nitrogens with zero attached hydrogens (tertiary/aromatic N) is 2. The Labute approximate surface area is 119 Å². The van der Waals surface area contributed by atoms with Gasteiger partial charge in [-0.3, -0.25) is 0 Å². The first-order valence-corrected chi connectivity index (χ1v) is 7.86. The molecule has 1 aliphatic heterocycles. The Morgan fingerprint density at radius 1 is 1.05 bits per heavy atom. The van der Waals surface area contributed by atoms with Gasteiger partial charge in [-0.05, 0) is 26.2 Å². The van der Waals surface area contributed by atoms with Crippen LogP contribution in [0, 0.1) is 0 Å². The third-order valence-corrected chi connectivity index (χ3v) is 4.94. The quantitative estimate of drug-likeness (QED) is 0.799. The molecule has 1 aromatic rings. The third-order valence-electron chi connectivity index (χ3n) is 3.08. The minimum Gasteiger partial charge on any atom is -0.486 e. The lowest BCUT2D eigenvalue weighted by molar-refractivity contribution is 0.171. The van der Waals surface area contributed by atoms with Gasteiger partial charge in [0.1, 0.15) is 13.2 Å². The van der Waals surface area contributed by atoms with Crippen LogP contribution in [0.5, 0.6) is 11.5 Å². The van der Waals surface area contributed by atoms with Crippen molar-refractivity contribution in [1.82, 2.24) is 9.21 Å². The second-order valence-electron chi connectivity index (χ2n) is 4.94. The largest absolute Gasteiger partial charge is 0.486 e. The summed E-state index contributed by atoms with van der Waals surface area (Å²) in [7, 11) is 1.90. The van der Waals surface area contributed by atoms with Crippen LogP contribution >= 0.6 is 0 Å². The topological polar surface area (TPSA) is 59.1 Å². The van der Waals surface area contributed by atoms with Crippen LogP contribution < -0.4 is 9.47 Å². The molecule has 2 rings (SSSR count). The molecule has 0 bridgehead atoms. The maximum absolute atomic E-state index is 12.4. The molecule has 7 heteroatoms. The van der Waals surface area contributed by atoms with Gasteiger partial charge in [0, 0.05) is 26.2 Å². The summed E-state index contributed by atoms with van der Waals surface area (Å²) in [5.41, 5.74) is 0. The van der Waals surface area contributed by atoms with Crippen LogP contribution in [0.1, 0.15) is 0 Å². The fourth-order valence-corrected chi connectivity index (χ4v) is 3.00. The van der Waals surface area contributed by atoms with Crippen molar-refractivity contribution >= 4 is 10.0 Å². The lowest BCUT2D eigenvalue weighted by Crippen LogP contribution is -2.33. The highest BCUT2D eigenvalue weighted by atomic mass is 32.2. The van der Waals surface area contributed by atoms with Crippen LogP contribution in [0.3, 0.4) is 0 Å². The molecule has 1 aromatic carbocycles. The minimum atomic E-state index is -3.50. The Morgan fingerprint density at radius 2 is 1.70 bits per heavy atom. The molecule has 0 amide bonds. The van der Waals surface area contributed by atoms with Gasteiger partial charge in [-0.15, -0.1) is 0 Å². The van der Waals surface area contributed by atoms with E-state index in [1.165, 1.54) is 10.4 Å². The molecule has 0 radical (unpaired) electrons. The second kappa shape index (κ2) is 5.99. The van der Waals surface area contributed by atoms with Crippen LogP contribution in [0.2, 0.25) is 0 Å². The molecular weight excluding hydrogens is 280 g/mol. The summed E-state index contributed by atoms with van der Waals surface area (Å²) in [4.78, 5) is 2.17. The van der Waals surface area contributed by atoms with E-state index in [-0.39, 0.29) is 4.90 Å². The Balaban J connectivity index is 2.20. The van der Waals surface area contributed by atoms with Gasteiger partial charge in [0.15, 0.2) is 11.5 Å². The van der Waals surface area contributed by atoms with E-state index in [9.17, 15) is 8.42 Å². The van der Waals surface area contributed by atoms with Crippen LogP contribution in [-0.2, 0) is 10.0 Å². The molecule has 0 saturated heterocycles. The summed E-state index contributed by atoms with van der Waals surface area (Å²) in [6.07, 6.45) is 0. The first-order chi connectivity index (χ1) is 9.41. The van der Waals surface area contributed by atoms with E-state index < -0.39 is 10.0 Å². The van der Waals surface area contributed by atoms with Crippen molar-refractivity contribution in [3.05, 3.63) is 18.2 Å². The number of likely N-dealkylation sites (N-methyl/N-ethyl adjacent to an activating group) is 2. The van der Waals surface area contributed by atoms with Gasteiger partial charge < -0.3 is 14.4 Å². The van der Waals surface area contributed by atoms with Crippen molar-refractivity contribution in [3.63, 3.8) is 0 Å². The molecule has 0 unspecified atom stereocenters. The molecular formula is C13H20N2O4S. The Kier molecular flexibility index (Phi) is 4.52. The predicted octanol–water partition coefficient (Wildman–Crippen LogP) is 0.640. The summed E-state index contributed by atoms with van der Waals surface area (Å²) in [5, 5.41) is 0. The number of benzene rings is 1. The predicted molar refractivity (Wildman–Crippen MR) is 75.8 cm³/mol. The average Bonchev–Trinajstić information content (AvgIpc) is 2.44. The van der Waals surface area contributed by atoms with E-state index in [1.807, 2.05) is 19.0 Å². The average molecular weight is 300 g/mol. The molecule has 0 saturated carbocycles. The Bertz CT molecular complexity index is 572. The number of hydrogen-bond donors (Lipinski definition) is 0. The zero-order chi connectivity index (χ0) is 14.8. The summed E-state index contributed by atoms with van der Waals surface area (Å²) in [6, 6.07) is 4.71. The normalized spacial score (nSPS) is 14.8. The van der Waals surface area contributed by atoms with Crippen LogP contribution in [-0.4, -0.2) is 65.1 Å². The molecule has 1 aliphatic rings. The van der Waals surface area contributed by atoms with Crippen molar-refractivity contribution in [1.29, 1.82) is 0 Å². The minimum absolute atomic E-state index is 0.225. The molecule has 0 atom stereocenters. The van der Waals surface area contributed by atoms with Gasteiger partial charge in [0.25, 0.3) is 0 Å². The van der Waals surface area contributed by atoms with Gasteiger partial charge in [-0.25, -0.2) is 8.42 Å². The molecule has 0 N–H and O–H groups in total. The summed E-state index contributed by atoms with van der Waals surface area (Å²) < 4.78 is 37.0. The summed E-state index contributed by atoms with van der Waals surface area (Å²) in [6.45, 7) is 2.03. The molecule has 0 aromatic heterocycles. The van der Waals surface area contributed by atoms with Crippen LogP contribution in [0.25, 0.3) is 0 Å². The monoisotopic (exact) mass is 300 g/mol. The SMILES string of the molecule is CN(C)CCN(C)S(=O)(=O)c1ccc2c(c1)OCCO2. The molecule has 0 spiro atoms. The maximum atomic E-state index is 12.4. The highest BCUT2D eigenvalue weighted by Gasteiger charge is 2.23. The van der Waals surface area contributed by atoms with Gasteiger partial charge >= 0.3 is 0 Å². The van der Waals surface area contributed by atoms with Crippen molar-refractivity contribution < 1.29 is 17.9 Å². The van der Waals surface area contributed by atoms with Crippen LogP contribution in [0.15, 0.2) is 23.1 Å². The Morgan fingerprint density at radius 3 is 2.35 bits per heavy atom. The summed E-state index contributed by atoms with van der Waals surface area (Å²) in [5.74, 6) is 1.07. The summed E-state index contributed by atoms with van der Waals surface area (Å²) >= 11 is 0. The number of sulfonamides is 1. The van der Waals surface area contributed by atoms with Gasteiger partial charge in [0.2, 0.25) is 10.0 Å². The third kappa shape index (κ3) is 3.23. The van der Waals surface area contributed by atoms with Crippen molar-refractivity contribution in [3.8, 4) is 11.5 Å². The van der Waals surface area contributed by atoms with Gasteiger partial charge in [0.05, 0.1) is 4.90 Å². The van der Waals surface area contributed by atoms with Crippen LogP contribution in [0.4, 0.5) is 0 Å². The van der Waals surface area contributed by atoms with Crippen molar-refractivity contribution in [2.45, 2.75) is 4.90 Å². The van der Waals surface area contributed by atoms with Gasteiger partial charge in [-0.2, -0.15) is 4.31 Å². The lowest BCUT2D eigenvalue weighted by atomic mass is 10.3. The fourth-order valence-electron chi connectivity index (χ4n) is 1.83. The molecule has 0 aliphatic carbocycles. The number of rotatable bonds is 5. The zero-order valence-corrected chi connectivity index (χ0v) is 12.8. The first-order valence-electron chi connectivity index (χ1n) is 6.42. The van der Waals surface area contributed by atoms with E-state index in [0.29, 0.717) is 37.8 Å². The molecule has 20 heavy (non-hydrogen) atoms. The van der Waals surface area contributed by atoms with E-state index >= 15 is 0 Å². The first kappa shape index (κ1) is 15.1. The number of ether oxygens (including phenoxy) is 2. The van der Waals surface area contributed by atoms with Gasteiger partial charge in [-0.1, -0.05) is 0 Å². The highest BCUT2D eigenvalue weighted by molar-refractivity contribution is 7.89. The van der Waals surface area contributed by atoms with E-state index in [1.54, 1.807) is 19.2 Å². The van der Waals surface area contributed by atoms with Crippen molar-refractivity contribution in [2.75, 3.05) is 47.4 Å². The van der Waals surface area contributed by atoms with E-state index in [0.717, 1.165) is 0 Å². The highest BCUT2D eigenvalue weighted by Crippen LogP contribution is 2.32. The lowest BCUT2D eigenvalue weighted by Gasteiger charge is -2.22. The van der Waals surface area contributed by atoms with E-state index in [4.69, 9.17) is 9.47 Å². The molecule has 1 heterocycles. The zero-order valence-electron chi connectivity index (χ0n) is 12.0. The van der Waals surface area contributed by atoms with E-state index in [2.05, 4.69) is 0 Å². The molecule has 0 fully saturated rings. The number of fused-ring (bicyclic) bond motifs is 1. The fraction of sp³-hybridized carbons (Fsp3) is 0.538. The standard InChI is InChI=1S/C13H20N2O4S/c1-14(2)6-7-15(3)20(16,17)11-4-5-12-13(10-11)19-9-8-18-12/h4-5,10H,6-9H2,1-3H3.